The Balaban J connectivity index is 1.57. The van der Waals surface area contributed by atoms with Crippen LogP contribution in [-0.2, 0) is 16.6 Å². The maximum absolute atomic E-state index is 14.9. The summed E-state index contributed by atoms with van der Waals surface area (Å²) in [7, 11) is 3.07. The van der Waals surface area contributed by atoms with Crippen molar-refractivity contribution < 1.29 is 22.7 Å². The van der Waals surface area contributed by atoms with Crippen molar-refractivity contribution in [2.45, 2.75) is 38.1 Å². The molecule has 0 spiro atoms. The van der Waals surface area contributed by atoms with E-state index in [4.69, 9.17) is 4.74 Å². The lowest BCUT2D eigenvalue weighted by molar-refractivity contribution is -0.149. The van der Waals surface area contributed by atoms with Gasteiger partial charge in [0.2, 0.25) is 0 Å². The van der Waals surface area contributed by atoms with E-state index in [0.717, 1.165) is 44.4 Å². The second-order valence-corrected chi connectivity index (χ2v) is 9.08. The maximum atomic E-state index is 14.9. The van der Waals surface area contributed by atoms with Gasteiger partial charge in [0.1, 0.15) is 17.2 Å². The van der Waals surface area contributed by atoms with Gasteiger partial charge in [0.25, 0.3) is 0 Å². The SMILES string of the molecule is COC(=O)[C@H]1C2CCCC(CC2)[C@@H]1Nc1nc(-c2cn(C)c3ncc(F)cc23)c(F)cc1F. The molecule has 0 aromatic carbocycles. The van der Waals surface area contributed by atoms with Gasteiger partial charge in [-0.25, -0.2) is 23.1 Å². The highest BCUT2D eigenvalue weighted by molar-refractivity contribution is 5.93. The number of carbonyl (C=O) groups excluding carboxylic acids is 1. The van der Waals surface area contributed by atoms with E-state index in [1.807, 2.05) is 0 Å². The summed E-state index contributed by atoms with van der Waals surface area (Å²) in [6.45, 7) is 0. The van der Waals surface area contributed by atoms with Gasteiger partial charge in [0, 0.05) is 36.3 Å². The van der Waals surface area contributed by atoms with Gasteiger partial charge in [-0.1, -0.05) is 6.42 Å². The number of aromatic nitrogens is 3. The first-order valence-electron chi connectivity index (χ1n) is 11.2. The van der Waals surface area contributed by atoms with Crippen LogP contribution >= 0.6 is 0 Å². The summed E-state index contributed by atoms with van der Waals surface area (Å²) >= 11 is 0. The Morgan fingerprint density at radius 1 is 1.12 bits per heavy atom. The fraction of sp³-hybridized carbons (Fsp3) is 0.458. The van der Waals surface area contributed by atoms with Crippen molar-refractivity contribution >= 4 is 22.8 Å². The molecule has 3 fully saturated rings. The number of nitrogens with zero attached hydrogens (tertiary/aromatic N) is 3. The molecule has 2 bridgehead atoms. The minimum atomic E-state index is -0.860. The number of rotatable bonds is 4. The molecule has 3 aromatic rings. The van der Waals surface area contributed by atoms with E-state index < -0.39 is 23.4 Å². The number of fused-ring (bicyclic) bond motifs is 5. The molecule has 174 valence electrons. The molecule has 3 aliphatic carbocycles. The number of nitrogens with one attached hydrogen (secondary N) is 1. The van der Waals surface area contributed by atoms with Crippen LogP contribution in [0.25, 0.3) is 22.3 Å². The largest absolute Gasteiger partial charge is 0.469 e. The zero-order valence-electron chi connectivity index (χ0n) is 18.4. The van der Waals surface area contributed by atoms with Crippen LogP contribution in [0.1, 0.15) is 32.1 Å². The minimum Gasteiger partial charge on any atom is -0.469 e. The van der Waals surface area contributed by atoms with E-state index in [1.54, 1.807) is 17.8 Å². The number of halogens is 3. The third-order valence-electron chi connectivity index (χ3n) is 7.20. The molecule has 9 heteroatoms. The monoisotopic (exact) mass is 458 g/mol. The highest BCUT2D eigenvalue weighted by Crippen LogP contribution is 2.45. The van der Waals surface area contributed by atoms with Gasteiger partial charge >= 0.3 is 5.97 Å². The smallest absolute Gasteiger partial charge is 0.311 e. The highest BCUT2D eigenvalue weighted by atomic mass is 19.1. The second-order valence-electron chi connectivity index (χ2n) is 9.08. The molecular weight excluding hydrogens is 433 g/mol. The number of esters is 1. The molecule has 3 aliphatic rings. The fourth-order valence-corrected chi connectivity index (χ4v) is 5.69. The van der Waals surface area contributed by atoms with Crippen LogP contribution in [0, 0.1) is 35.2 Å². The first-order chi connectivity index (χ1) is 15.9. The Morgan fingerprint density at radius 3 is 2.67 bits per heavy atom. The predicted molar refractivity (Wildman–Crippen MR) is 117 cm³/mol. The summed E-state index contributed by atoms with van der Waals surface area (Å²) in [5, 5.41) is 3.52. The van der Waals surface area contributed by atoms with Gasteiger partial charge in [-0.15, -0.1) is 0 Å². The van der Waals surface area contributed by atoms with E-state index in [2.05, 4.69) is 15.3 Å². The number of pyridine rings is 2. The van der Waals surface area contributed by atoms with Gasteiger partial charge in [0.05, 0.1) is 19.2 Å². The fourth-order valence-electron chi connectivity index (χ4n) is 5.69. The van der Waals surface area contributed by atoms with E-state index in [-0.39, 0.29) is 35.4 Å². The van der Waals surface area contributed by atoms with E-state index >= 15 is 0 Å². The normalized spacial score (nSPS) is 24.6. The van der Waals surface area contributed by atoms with Gasteiger partial charge in [-0.2, -0.15) is 0 Å². The molecule has 0 saturated heterocycles. The first-order valence-corrected chi connectivity index (χ1v) is 11.2. The van der Waals surface area contributed by atoms with Crippen LogP contribution in [0.4, 0.5) is 19.0 Å². The number of carbonyl (C=O) groups is 1. The highest BCUT2D eigenvalue weighted by Gasteiger charge is 2.46. The van der Waals surface area contributed by atoms with Crippen LogP contribution in [-0.4, -0.2) is 33.7 Å². The first kappa shape index (κ1) is 21.7. The average Bonchev–Trinajstić information content (AvgIpc) is 2.95. The van der Waals surface area contributed by atoms with Crippen molar-refractivity contribution in [1.29, 1.82) is 0 Å². The third kappa shape index (κ3) is 3.73. The van der Waals surface area contributed by atoms with Crippen LogP contribution < -0.4 is 5.32 Å². The molecule has 4 atom stereocenters. The standard InChI is InChI=1S/C24H25F3N4O2/c1-31-11-16(15-8-14(25)10-28-23(15)31)21-17(26)9-18(27)22(30-21)29-20-13-5-3-4-12(6-7-13)19(20)24(32)33-2/h8-13,19-20H,3-7H2,1-2H3,(H,29,30)/t12?,13?,19-,20-/m0/s1. The van der Waals surface area contributed by atoms with Crippen molar-refractivity contribution in [1.82, 2.24) is 14.5 Å². The molecule has 33 heavy (non-hydrogen) atoms. The van der Waals surface area contributed by atoms with Crippen molar-refractivity contribution in [3.63, 3.8) is 0 Å². The molecule has 0 amide bonds. The molecule has 2 unspecified atom stereocenters. The van der Waals surface area contributed by atoms with Crippen molar-refractivity contribution in [3.05, 3.63) is 42.0 Å². The number of aryl methyl sites for hydroxylation is 1. The van der Waals surface area contributed by atoms with Gasteiger partial charge in [0.15, 0.2) is 17.5 Å². The minimum absolute atomic E-state index is 0.106. The molecule has 6 rings (SSSR count). The molecule has 0 radical (unpaired) electrons. The summed E-state index contributed by atoms with van der Waals surface area (Å²) in [5.74, 6) is -2.80. The predicted octanol–water partition coefficient (Wildman–Crippen LogP) is 4.83. The average molecular weight is 458 g/mol. The van der Waals surface area contributed by atoms with Crippen molar-refractivity contribution in [2.75, 3.05) is 12.4 Å². The Hall–Kier alpha value is -3.10. The lowest BCUT2D eigenvalue weighted by Gasteiger charge is -2.39. The Kier molecular flexibility index (Phi) is 5.50. The van der Waals surface area contributed by atoms with Gasteiger partial charge in [-0.05, 0) is 43.6 Å². The Labute approximate surface area is 189 Å². The number of hydrogen-bond donors (Lipinski definition) is 1. The Bertz CT molecular complexity index is 1220. The molecule has 6 nitrogen and oxygen atoms in total. The number of hydrogen-bond acceptors (Lipinski definition) is 5. The molecular formula is C24H25F3N4O2. The van der Waals surface area contributed by atoms with E-state index in [1.165, 1.54) is 13.2 Å². The summed E-state index contributed by atoms with van der Waals surface area (Å²) in [6, 6.07) is 1.68. The van der Waals surface area contributed by atoms with Crippen LogP contribution in [0.5, 0.6) is 0 Å². The zero-order valence-corrected chi connectivity index (χ0v) is 18.4. The lowest BCUT2D eigenvalue weighted by Crippen LogP contribution is -2.47. The third-order valence-corrected chi connectivity index (χ3v) is 7.20. The summed E-state index contributed by atoms with van der Waals surface area (Å²) in [4.78, 5) is 21.0. The topological polar surface area (TPSA) is 69.0 Å². The van der Waals surface area contributed by atoms with Gasteiger partial charge < -0.3 is 14.6 Å². The zero-order chi connectivity index (χ0) is 23.3. The molecule has 3 saturated carbocycles. The van der Waals surface area contributed by atoms with Crippen LogP contribution in [0.15, 0.2) is 24.5 Å². The molecule has 3 heterocycles. The summed E-state index contributed by atoms with van der Waals surface area (Å²) in [6.07, 6.45) is 7.39. The Morgan fingerprint density at radius 2 is 1.88 bits per heavy atom. The molecule has 1 N–H and O–H groups in total. The summed E-state index contributed by atoms with van der Waals surface area (Å²) in [5.41, 5.74) is 0.663. The number of anilines is 1. The maximum Gasteiger partial charge on any atom is 0.311 e. The van der Waals surface area contributed by atoms with E-state index in [0.29, 0.717) is 16.6 Å². The van der Waals surface area contributed by atoms with Gasteiger partial charge in [-0.3, -0.25) is 4.79 Å². The van der Waals surface area contributed by atoms with Crippen LogP contribution in [0.3, 0.4) is 0 Å². The number of methoxy groups -OCH3 is 1. The summed E-state index contributed by atoms with van der Waals surface area (Å²) < 4.78 is 50.3. The molecule has 3 aromatic heterocycles. The van der Waals surface area contributed by atoms with Crippen molar-refractivity contribution in [3.8, 4) is 11.3 Å². The number of ether oxygens (including phenoxy) is 1. The van der Waals surface area contributed by atoms with Crippen LogP contribution in [0.2, 0.25) is 0 Å². The molecule has 0 aliphatic heterocycles. The van der Waals surface area contributed by atoms with Crippen molar-refractivity contribution in [2.24, 2.45) is 24.8 Å². The quantitative estimate of drug-likeness (QED) is 0.567. The second kappa shape index (κ2) is 8.35. The lowest BCUT2D eigenvalue weighted by atomic mass is 9.71. The van der Waals surface area contributed by atoms with E-state index in [9.17, 15) is 18.0 Å².